The summed E-state index contributed by atoms with van der Waals surface area (Å²) in [6.45, 7) is 3.04. The number of furan rings is 1. The summed E-state index contributed by atoms with van der Waals surface area (Å²) in [4.78, 5) is 41.2. The predicted molar refractivity (Wildman–Crippen MR) is 104 cm³/mol. The third kappa shape index (κ3) is 4.27. The molecule has 0 aliphatic carbocycles. The number of carbonyl (C=O) groups excluding carboxylic acids is 3. The Morgan fingerprint density at radius 2 is 2.18 bits per heavy atom. The van der Waals surface area contributed by atoms with Gasteiger partial charge in [0.25, 0.3) is 5.91 Å². The first-order valence-corrected chi connectivity index (χ1v) is 10.0. The molecule has 1 unspecified atom stereocenters. The van der Waals surface area contributed by atoms with Gasteiger partial charge >= 0.3 is 5.97 Å². The van der Waals surface area contributed by atoms with E-state index in [0.29, 0.717) is 35.1 Å². The van der Waals surface area contributed by atoms with Crippen LogP contribution in [0.4, 0.5) is 0 Å². The zero-order valence-corrected chi connectivity index (χ0v) is 17.1. The normalized spacial score (nSPS) is 16.7. The van der Waals surface area contributed by atoms with Crippen molar-refractivity contribution in [2.24, 2.45) is 5.92 Å². The van der Waals surface area contributed by atoms with Crippen LogP contribution in [-0.2, 0) is 16.1 Å². The van der Waals surface area contributed by atoms with Crippen LogP contribution in [0.15, 0.2) is 28.0 Å². The summed E-state index contributed by atoms with van der Waals surface area (Å²) in [7, 11) is 3.02. The van der Waals surface area contributed by atoms with Gasteiger partial charge in [0, 0.05) is 20.1 Å². The lowest BCUT2D eigenvalue weighted by atomic mass is 9.96. The molecule has 150 valence electrons. The number of carbonyl (C=O) groups is 3. The molecule has 3 rings (SSSR count). The van der Waals surface area contributed by atoms with E-state index in [1.54, 1.807) is 29.8 Å². The standard InChI is InChI=1S/C20H24N2O5S/c1-13-16(20(25)26-3)10-15(27-13)12-21(2)18(23)14-6-4-8-22(11-14)19(24)17-7-5-9-28-17/h5,7,9-10,14H,4,6,8,11-12H2,1-3H3. The maximum Gasteiger partial charge on any atom is 0.341 e. The molecule has 1 aliphatic heterocycles. The summed E-state index contributed by atoms with van der Waals surface area (Å²) in [5, 5.41) is 1.88. The molecule has 1 fully saturated rings. The smallest absolute Gasteiger partial charge is 0.341 e. The highest BCUT2D eigenvalue weighted by Crippen LogP contribution is 2.23. The van der Waals surface area contributed by atoms with E-state index in [1.807, 2.05) is 17.5 Å². The van der Waals surface area contributed by atoms with Gasteiger partial charge in [0.2, 0.25) is 5.91 Å². The van der Waals surface area contributed by atoms with E-state index in [-0.39, 0.29) is 24.3 Å². The van der Waals surface area contributed by atoms with E-state index in [0.717, 1.165) is 12.8 Å². The zero-order valence-electron chi connectivity index (χ0n) is 16.3. The molecule has 0 bridgehead atoms. The summed E-state index contributed by atoms with van der Waals surface area (Å²) in [6, 6.07) is 5.27. The Morgan fingerprint density at radius 3 is 2.86 bits per heavy atom. The van der Waals surface area contributed by atoms with Crippen molar-refractivity contribution < 1.29 is 23.5 Å². The molecular weight excluding hydrogens is 380 g/mol. The van der Waals surface area contributed by atoms with Crippen molar-refractivity contribution in [1.82, 2.24) is 9.80 Å². The highest BCUT2D eigenvalue weighted by atomic mass is 32.1. The van der Waals surface area contributed by atoms with Crippen LogP contribution in [0.3, 0.4) is 0 Å². The largest absolute Gasteiger partial charge is 0.465 e. The van der Waals surface area contributed by atoms with Crippen molar-refractivity contribution in [3.8, 4) is 0 Å². The number of hydrogen-bond donors (Lipinski definition) is 0. The number of rotatable bonds is 5. The SMILES string of the molecule is COC(=O)c1cc(CN(C)C(=O)C2CCCN(C(=O)c3cccs3)C2)oc1C. The Morgan fingerprint density at radius 1 is 1.39 bits per heavy atom. The van der Waals surface area contributed by atoms with Crippen LogP contribution < -0.4 is 0 Å². The molecule has 0 radical (unpaired) electrons. The van der Waals surface area contributed by atoms with Gasteiger partial charge in [-0.15, -0.1) is 11.3 Å². The molecule has 0 saturated carbocycles. The second kappa shape index (κ2) is 8.60. The van der Waals surface area contributed by atoms with E-state index in [9.17, 15) is 14.4 Å². The predicted octanol–water partition coefficient (Wildman–Crippen LogP) is 2.95. The van der Waals surface area contributed by atoms with Crippen molar-refractivity contribution in [2.75, 3.05) is 27.2 Å². The summed E-state index contributed by atoms with van der Waals surface area (Å²) >= 11 is 1.41. The number of amides is 2. The molecule has 0 N–H and O–H groups in total. The minimum Gasteiger partial charge on any atom is -0.465 e. The molecule has 3 heterocycles. The first-order chi connectivity index (χ1) is 13.4. The van der Waals surface area contributed by atoms with Gasteiger partial charge < -0.3 is 19.0 Å². The molecule has 1 atom stereocenters. The quantitative estimate of drug-likeness (QED) is 0.716. The molecule has 2 aromatic heterocycles. The van der Waals surface area contributed by atoms with Crippen molar-refractivity contribution >= 4 is 29.1 Å². The summed E-state index contributed by atoms with van der Waals surface area (Å²) < 4.78 is 10.3. The average Bonchev–Trinajstić information content (AvgIpc) is 3.36. The molecular formula is C20H24N2O5S. The van der Waals surface area contributed by atoms with Crippen molar-refractivity contribution in [3.05, 3.63) is 45.5 Å². The Kier molecular flexibility index (Phi) is 6.18. The van der Waals surface area contributed by atoms with Gasteiger partial charge in [-0.3, -0.25) is 9.59 Å². The van der Waals surface area contributed by atoms with Gasteiger partial charge in [-0.25, -0.2) is 4.79 Å². The molecule has 2 aromatic rings. The van der Waals surface area contributed by atoms with Crippen LogP contribution in [0.25, 0.3) is 0 Å². The van der Waals surface area contributed by atoms with Gasteiger partial charge in [-0.2, -0.15) is 0 Å². The Hall–Kier alpha value is -2.61. The van der Waals surface area contributed by atoms with Gasteiger partial charge in [0.1, 0.15) is 17.1 Å². The van der Waals surface area contributed by atoms with Gasteiger partial charge in [-0.1, -0.05) is 6.07 Å². The molecule has 2 amide bonds. The number of likely N-dealkylation sites (tertiary alicyclic amines) is 1. The number of thiophene rings is 1. The lowest BCUT2D eigenvalue weighted by Crippen LogP contribution is -2.45. The van der Waals surface area contributed by atoms with Crippen LogP contribution in [0.5, 0.6) is 0 Å². The van der Waals surface area contributed by atoms with E-state index < -0.39 is 5.97 Å². The minimum atomic E-state index is -0.462. The molecule has 8 heteroatoms. The van der Waals surface area contributed by atoms with E-state index in [4.69, 9.17) is 9.15 Å². The zero-order chi connectivity index (χ0) is 20.3. The monoisotopic (exact) mass is 404 g/mol. The first kappa shape index (κ1) is 20.1. The first-order valence-electron chi connectivity index (χ1n) is 9.16. The fourth-order valence-corrected chi connectivity index (χ4v) is 4.17. The number of methoxy groups -OCH3 is 1. The third-order valence-electron chi connectivity index (χ3n) is 4.93. The third-order valence-corrected chi connectivity index (χ3v) is 5.79. The van der Waals surface area contributed by atoms with Crippen LogP contribution in [0.1, 0.15) is 44.4 Å². The second-order valence-electron chi connectivity index (χ2n) is 6.94. The molecule has 1 aliphatic rings. The van der Waals surface area contributed by atoms with Crippen LogP contribution in [0, 0.1) is 12.8 Å². The highest BCUT2D eigenvalue weighted by molar-refractivity contribution is 7.12. The lowest BCUT2D eigenvalue weighted by Gasteiger charge is -2.33. The number of ether oxygens (including phenoxy) is 1. The number of aryl methyl sites for hydroxylation is 1. The highest BCUT2D eigenvalue weighted by Gasteiger charge is 2.31. The molecule has 28 heavy (non-hydrogen) atoms. The second-order valence-corrected chi connectivity index (χ2v) is 7.88. The Labute approximate surface area is 167 Å². The molecule has 1 saturated heterocycles. The Balaban J connectivity index is 1.63. The number of nitrogens with zero attached hydrogens (tertiary/aromatic N) is 2. The van der Waals surface area contributed by atoms with E-state index in [1.165, 1.54) is 18.4 Å². The van der Waals surface area contributed by atoms with Gasteiger partial charge in [-0.05, 0) is 37.3 Å². The van der Waals surface area contributed by atoms with E-state index >= 15 is 0 Å². The maximum atomic E-state index is 12.9. The molecule has 0 aromatic carbocycles. The molecule has 7 nitrogen and oxygen atoms in total. The van der Waals surface area contributed by atoms with Crippen molar-refractivity contribution in [1.29, 1.82) is 0 Å². The summed E-state index contributed by atoms with van der Waals surface area (Å²) in [6.07, 6.45) is 1.55. The lowest BCUT2D eigenvalue weighted by molar-refractivity contribution is -0.136. The van der Waals surface area contributed by atoms with Gasteiger partial charge in [0.15, 0.2) is 0 Å². The minimum absolute atomic E-state index is 0.0143. The van der Waals surface area contributed by atoms with Gasteiger partial charge in [0.05, 0.1) is 24.4 Å². The van der Waals surface area contributed by atoms with Crippen molar-refractivity contribution in [3.63, 3.8) is 0 Å². The maximum absolute atomic E-state index is 12.9. The fraction of sp³-hybridized carbons (Fsp3) is 0.450. The van der Waals surface area contributed by atoms with Crippen LogP contribution >= 0.6 is 11.3 Å². The summed E-state index contributed by atoms with van der Waals surface area (Å²) in [5.74, 6) is 0.247. The van der Waals surface area contributed by atoms with E-state index in [2.05, 4.69) is 0 Å². The topological polar surface area (TPSA) is 80.1 Å². The number of esters is 1. The average molecular weight is 404 g/mol. The summed E-state index contributed by atoms with van der Waals surface area (Å²) in [5.41, 5.74) is 0.365. The number of piperidine rings is 1. The van der Waals surface area contributed by atoms with Crippen LogP contribution in [-0.4, -0.2) is 54.8 Å². The van der Waals surface area contributed by atoms with Crippen molar-refractivity contribution in [2.45, 2.75) is 26.3 Å². The Bertz CT molecular complexity index is 858. The number of hydrogen-bond acceptors (Lipinski definition) is 6. The molecule has 0 spiro atoms. The van der Waals surface area contributed by atoms with Crippen LogP contribution in [0.2, 0.25) is 0 Å². The fourth-order valence-electron chi connectivity index (χ4n) is 3.48.